The highest BCUT2D eigenvalue weighted by atomic mass is 35.5. The Kier molecular flexibility index (Phi) is 6.53. The Balaban J connectivity index is 0.00000208. The van der Waals surface area contributed by atoms with Gasteiger partial charge in [-0.05, 0) is 37.9 Å². The fourth-order valence-electron chi connectivity index (χ4n) is 2.80. The lowest BCUT2D eigenvalue weighted by Crippen LogP contribution is -2.40. The number of thiazole rings is 1. The van der Waals surface area contributed by atoms with Crippen molar-refractivity contribution in [2.45, 2.75) is 26.3 Å². The molecule has 3 N–H and O–H groups in total. The molecule has 0 radical (unpaired) electrons. The molecule has 3 rings (SSSR count). The van der Waals surface area contributed by atoms with E-state index in [4.69, 9.17) is 5.73 Å². The van der Waals surface area contributed by atoms with Gasteiger partial charge in [-0.3, -0.25) is 9.69 Å². The molecule has 2 aromatic rings. The van der Waals surface area contributed by atoms with Crippen molar-refractivity contribution in [1.29, 1.82) is 0 Å². The van der Waals surface area contributed by atoms with Gasteiger partial charge in [0, 0.05) is 30.4 Å². The zero-order valence-electron chi connectivity index (χ0n) is 13.6. The Morgan fingerprint density at radius 2 is 2.25 bits per heavy atom. The van der Waals surface area contributed by atoms with E-state index in [1.807, 2.05) is 25.3 Å². The standard InChI is InChI=1S/C16H21N5OS.ClH/c1-11-4-5-14(18-7-11)20-15(22)12-3-2-6-21(9-12)10-13-8-19-16(17)23-13;/h4-5,7-8,12H,2-3,6,9-10H2,1H3,(H2,17,19)(H,18,20,22);1H. The van der Waals surface area contributed by atoms with Crippen LogP contribution in [0.15, 0.2) is 24.5 Å². The summed E-state index contributed by atoms with van der Waals surface area (Å²) in [4.78, 5) is 24.2. The van der Waals surface area contributed by atoms with Crippen molar-refractivity contribution in [2.24, 2.45) is 5.92 Å². The molecule has 130 valence electrons. The van der Waals surface area contributed by atoms with Gasteiger partial charge in [-0.25, -0.2) is 9.97 Å². The van der Waals surface area contributed by atoms with E-state index in [1.54, 1.807) is 6.20 Å². The highest BCUT2D eigenvalue weighted by molar-refractivity contribution is 7.15. The second kappa shape index (κ2) is 8.41. The minimum absolute atomic E-state index is 0. The predicted molar refractivity (Wildman–Crippen MR) is 99.4 cm³/mol. The van der Waals surface area contributed by atoms with Crippen LogP contribution in [-0.2, 0) is 11.3 Å². The zero-order chi connectivity index (χ0) is 16.2. The zero-order valence-corrected chi connectivity index (χ0v) is 15.2. The Morgan fingerprint density at radius 3 is 2.92 bits per heavy atom. The minimum Gasteiger partial charge on any atom is -0.375 e. The second-order valence-electron chi connectivity index (χ2n) is 5.95. The van der Waals surface area contributed by atoms with Crippen LogP contribution in [0.3, 0.4) is 0 Å². The number of amides is 1. The maximum atomic E-state index is 12.4. The second-order valence-corrected chi connectivity index (χ2v) is 7.10. The number of likely N-dealkylation sites (tertiary alicyclic amines) is 1. The maximum Gasteiger partial charge on any atom is 0.229 e. The molecule has 0 aromatic carbocycles. The highest BCUT2D eigenvalue weighted by Crippen LogP contribution is 2.22. The Morgan fingerprint density at radius 1 is 1.42 bits per heavy atom. The quantitative estimate of drug-likeness (QED) is 0.867. The number of nitrogens with zero attached hydrogens (tertiary/aromatic N) is 3. The predicted octanol–water partition coefficient (Wildman–Crippen LogP) is 2.70. The SMILES string of the molecule is Cc1ccc(NC(=O)C2CCCN(Cc3cnc(N)s3)C2)nc1.Cl. The molecule has 0 bridgehead atoms. The highest BCUT2D eigenvalue weighted by Gasteiger charge is 2.26. The number of nitrogens with two attached hydrogens (primary N) is 1. The summed E-state index contributed by atoms with van der Waals surface area (Å²) in [7, 11) is 0. The fraction of sp³-hybridized carbons (Fsp3) is 0.438. The van der Waals surface area contributed by atoms with Gasteiger partial charge >= 0.3 is 0 Å². The Hall–Kier alpha value is -1.70. The third kappa shape index (κ3) is 4.90. The topological polar surface area (TPSA) is 84.1 Å². The molecule has 6 nitrogen and oxygen atoms in total. The largest absolute Gasteiger partial charge is 0.375 e. The lowest BCUT2D eigenvalue weighted by Gasteiger charge is -2.31. The number of piperidine rings is 1. The van der Waals surface area contributed by atoms with E-state index >= 15 is 0 Å². The maximum absolute atomic E-state index is 12.4. The number of pyridine rings is 1. The van der Waals surface area contributed by atoms with Crippen molar-refractivity contribution in [2.75, 3.05) is 24.1 Å². The van der Waals surface area contributed by atoms with Crippen LogP contribution in [0.4, 0.5) is 10.9 Å². The number of nitrogens with one attached hydrogen (secondary N) is 1. The van der Waals surface area contributed by atoms with E-state index in [1.165, 1.54) is 11.3 Å². The first-order chi connectivity index (χ1) is 11.1. The molecule has 0 aliphatic carbocycles. The van der Waals surface area contributed by atoms with Crippen molar-refractivity contribution in [3.63, 3.8) is 0 Å². The van der Waals surface area contributed by atoms with Crippen LogP contribution in [0.1, 0.15) is 23.3 Å². The first-order valence-electron chi connectivity index (χ1n) is 7.76. The van der Waals surface area contributed by atoms with E-state index < -0.39 is 0 Å². The van der Waals surface area contributed by atoms with Gasteiger partial charge in [0.05, 0.1) is 5.92 Å². The number of carbonyl (C=O) groups excluding carboxylic acids is 1. The molecule has 24 heavy (non-hydrogen) atoms. The third-order valence-corrected chi connectivity index (χ3v) is 4.80. The monoisotopic (exact) mass is 367 g/mol. The van der Waals surface area contributed by atoms with Gasteiger partial charge in [0.1, 0.15) is 5.82 Å². The van der Waals surface area contributed by atoms with Crippen molar-refractivity contribution in [3.05, 3.63) is 35.0 Å². The van der Waals surface area contributed by atoms with Gasteiger partial charge in [0.15, 0.2) is 5.13 Å². The van der Waals surface area contributed by atoms with Gasteiger partial charge in [-0.1, -0.05) is 6.07 Å². The summed E-state index contributed by atoms with van der Waals surface area (Å²) < 4.78 is 0. The average Bonchev–Trinajstić information content (AvgIpc) is 2.95. The molecule has 2 aromatic heterocycles. The Bertz CT molecular complexity index is 675. The van der Waals surface area contributed by atoms with Crippen LogP contribution in [0.25, 0.3) is 0 Å². The molecule has 1 fully saturated rings. The van der Waals surface area contributed by atoms with Crippen molar-refractivity contribution < 1.29 is 4.79 Å². The molecule has 8 heteroatoms. The van der Waals surface area contributed by atoms with Gasteiger partial charge in [0.2, 0.25) is 5.91 Å². The summed E-state index contributed by atoms with van der Waals surface area (Å²) in [5, 5.41) is 3.52. The number of anilines is 2. The van der Waals surface area contributed by atoms with Crippen molar-refractivity contribution in [3.8, 4) is 0 Å². The van der Waals surface area contributed by atoms with Crippen LogP contribution in [0.5, 0.6) is 0 Å². The van der Waals surface area contributed by atoms with Gasteiger partial charge in [-0.15, -0.1) is 23.7 Å². The molecule has 3 heterocycles. The molecule has 1 amide bonds. The number of hydrogen-bond donors (Lipinski definition) is 2. The van der Waals surface area contributed by atoms with E-state index in [0.29, 0.717) is 10.9 Å². The lowest BCUT2D eigenvalue weighted by molar-refractivity contribution is -0.121. The van der Waals surface area contributed by atoms with E-state index in [-0.39, 0.29) is 24.2 Å². The number of aryl methyl sites for hydroxylation is 1. The van der Waals surface area contributed by atoms with Crippen LogP contribution in [0, 0.1) is 12.8 Å². The average molecular weight is 368 g/mol. The fourth-order valence-corrected chi connectivity index (χ4v) is 3.53. The molecule has 1 unspecified atom stereocenters. The molecule has 1 saturated heterocycles. The van der Waals surface area contributed by atoms with Gasteiger partial charge < -0.3 is 11.1 Å². The van der Waals surface area contributed by atoms with E-state index in [0.717, 1.165) is 42.9 Å². The van der Waals surface area contributed by atoms with Crippen molar-refractivity contribution >= 4 is 40.6 Å². The number of rotatable bonds is 4. The normalized spacial score (nSPS) is 18.0. The molecule has 1 aliphatic heterocycles. The molecule has 1 atom stereocenters. The summed E-state index contributed by atoms with van der Waals surface area (Å²) in [6.07, 6.45) is 5.52. The summed E-state index contributed by atoms with van der Waals surface area (Å²) in [6, 6.07) is 3.79. The van der Waals surface area contributed by atoms with E-state index in [9.17, 15) is 4.79 Å². The molecular weight excluding hydrogens is 346 g/mol. The Labute approximate surface area is 151 Å². The summed E-state index contributed by atoms with van der Waals surface area (Å²) in [5.41, 5.74) is 6.75. The van der Waals surface area contributed by atoms with Gasteiger partial charge in [0.25, 0.3) is 0 Å². The van der Waals surface area contributed by atoms with Crippen LogP contribution >= 0.6 is 23.7 Å². The van der Waals surface area contributed by atoms with E-state index in [2.05, 4.69) is 20.2 Å². The lowest BCUT2D eigenvalue weighted by atomic mass is 9.97. The molecule has 0 spiro atoms. The molecular formula is C16H22ClN5OS. The number of nitrogen functional groups attached to an aromatic ring is 1. The molecule has 1 aliphatic rings. The molecule has 0 saturated carbocycles. The number of hydrogen-bond acceptors (Lipinski definition) is 6. The minimum atomic E-state index is -0.00267. The first-order valence-corrected chi connectivity index (χ1v) is 8.58. The number of halogens is 1. The van der Waals surface area contributed by atoms with Crippen molar-refractivity contribution in [1.82, 2.24) is 14.9 Å². The first kappa shape index (κ1) is 18.6. The summed E-state index contributed by atoms with van der Waals surface area (Å²) in [5.74, 6) is 0.667. The smallest absolute Gasteiger partial charge is 0.229 e. The van der Waals surface area contributed by atoms with Crippen LogP contribution in [0.2, 0.25) is 0 Å². The van der Waals surface area contributed by atoms with Crippen LogP contribution in [-0.4, -0.2) is 33.9 Å². The summed E-state index contributed by atoms with van der Waals surface area (Å²) in [6.45, 7) is 4.55. The van der Waals surface area contributed by atoms with Crippen LogP contribution < -0.4 is 11.1 Å². The third-order valence-electron chi connectivity index (χ3n) is 3.99. The number of carbonyl (C=O) groups is 1. The number of aromatic nitrogens is 2. The van der Waals surface area contributed by atoms with Gasteiger partial charge in [-0.2, -0.15) is 0 Å². The summed E-state index contributed by atoms with van der Waals surface area (Å²) >= 11 is 1.51.